The number of primary amides is 1. The normalized spacial score (nSPS) is 13.4. The van der Waals surface area contributed by atoms with Crippen molar-refractivity contribution in [3.63, 3.8) is 0 Å². The summed E-state index contributed by atoms with van der Waals surface area (Å²) in [6.45, 7) is -0.532. The molecule has 13 nitrogen and oxygen atoms in total. The second kappa shape index (κ2) is 14.2. The zero-order valence-corrected chi connectivity index (χ0v) is 17.2. The van der Waals surface area contributed by atoms with Gasteiger partial charge in [-0.15, -0.1) is 0 Å². The van der Waals surface area contributed by atoms with Crippen molar-refractivity contribution in [2.75, 3.05) is 18.6 Å². The van der Waals surface area contributed by atoms with Crippen LogP contribution in [0.25, 0.3) is 0 Å². The predicted octanol–water partition coefficient (Wildman–Crippen LogP) is -3.02. The number of carbonyl (C=O) groups excluding carboxylic acids is 4. The van der Waals surface area contributed by atoms with Gasteiger partial charge in [0.15, 0.2) is 0 Å². The number of rotatable bonds is 15. The van der Waals surface area contributed by atoms with Gasteiger partial charge in [-0.2, -0.15) is 11.8 Å². The molecule has 0 aliphatic carbocycles. The molecule has 14 heteroatoms. The molecular weight excluding hydrogens is 422 g/mol. The van der Waals surface area contributed by atoms with Crippen LogP contribution >= 0.6 is 11.8 Å². The Kier molecular flexibility index (Phi) is 12.8. The highest BCUT2D eigenvalue weighted by Gasteiger charge is 2.27. The molecule has 0 aliphatic heterocycles. The molecule has 0 bridgehead atoms. The first-order chi connectivity index (χ1) is 14.0. The number of carbonyl (C=O) groups is 6. The van der Waals surface area contributed by atoms with Crippen LogP contribution in [-0.4, -0.2) is 82.5 Å². The molecule has 0 aromatic rings. The molecule has 9 N–H and O–H groups in total. The van der Waals surface area contributed by atoms with E-state index in [1.54, 1.807) is 6.26 Å². The third kappa shape index (κ3) is 11.9. The maximum atomic E-state index is 12.4. The number of carboxylic acid groups (broad SMARTS) is 2. The number of hydrogen-bond donors (Lipinski definition) is 7. The van der Waals surface area contributed by atoms with Gasteiger partial charge >= 0.3 is 11.9 Å². The number of carboxylic acids is 2. The minimum absolute atomic E-state index is 0.166. The van der Waals surface area contributed by atoms with Crippen molar-refractivity contribution in [1.29, 1.82) is 0 Å². The van der Waals surface area contributed by atoms with Gasteiger partial charge in [0.25, 0.3) is 0 Å². The van der Waals surface area contributed by atoms with Crippen LogP contribution in [0.3, 0.4) is 0 Å². The molecule has 0 spiro atoms. The van der Waals surface area contributed by atoms with Crippen LogP contribution in [0.15, 0.2) is 0 Å². The SMILES string of the molecule is CSCCC(NC(=O)CNC(=O)C(N)CC(N)=O)C(=O)NC(CCC(=O)O)C(=O)O. The van der Waals surface area contributed by atoms with Gasteiger partial charge in [-0.3, -0.25) is 24.0 Å². The first kappa shape index (κ1) is 27.1. The van der Waals surface area contributed by atoms with Crippen LogP contribution in [0.5, 0.6) is 0 Å². The molecule has 3 unspecified atom stereocenters. The van der Waals surface area contributed by atoms with Crippen molar-refractivity contribution < 1.29 is 39.0 Å². The minimum atomic E-state index is -1.44. The quantitative estimate of drug-likeness (QED) is 0.134. The average molecular weight is 449 g/mol. The molecule has 0 saturated heterocycles. The third-order valence-electron chi connectivity index (χ3n) is 3.70. The predicted molar refractivity (Wildman–Crippen MR) is 106 cm³/mol. The zero-order valence-electron chi connectivity index (χ0n) is 16.4. The Hall–Kier alpha value is -2.87. The van der Waals surface area contributed by atoms with E-state index in [1.165, 1.54) is 11.8 Å². The van der Waals surface area contributed by atoms with Crippen molar-refractivity contribution in [2.24, 2.45) is 11.5 Å². The lowest BCUT2D eigenvalue weighted by atomic mass is 10.1. The van der Waals surface area contributed by atoms with E-state index in [0.717, 1.165) is 0 Å². The fourth-order valence-corrected chi connectivity index (χ4v) is 2.63. The largest absolute Gasteiger partial charge is 0.481 e. The lowest BCUT2D eigenvalue weighted by Gasteiger charge is -2.21. The highest BCUT2D eigenvalue weighted by molar-refractivity contribution is 7.98. The molecular formula is C16H27N5O8S. The van der Waals surface area contributed by atoms with Crippen LogP contribution in [0.1, 0.15) is 25.7 Å². The van der Waals surface area contributed by atoms with Gasteiger partial charge in [0.05, 0.1) is 19.0 Å². The molecule has 0 saturated carbocycles. The monoisotopic (exact) mass is 449 g/mol. The summed E-state index contributed by atoms with van der Waals surface area (Å²) in [6.07, 6.45) is 0.742. The van der Waals surface area contributed by atoms with E-state index in [9.17, 15) is 28.8 Å². The summed E-state index contributed by atoms with van der Waals surface area (Å²) in [5.74, 6) is -5.27. The fourth-order valence-electron chi connectivity index (χ4n) is 2.16. The smallest absolute Gasteiger partial charge is 0.326 e. The molecule has 0 fully saturated rings. The highest BCUT2D eigenvalue weighted by Crippen LogP contribution is 2.04. The van der Waals surface area contributed by atoms with Crippen LogP contribution in [-0.2, 0) is 28.8 Å². The maximum Gasteiger partial charge on any atom is 0.326 e. The van der Waals surface area contributed by atoms with Crippen molar-refractivity contribution in [3.8, 4) is 0 Å². The number of hydrogen-bond acceptors (Lipinski definition) is 8. The van der Waals surface area contributed by atoms with E-state index in [-0.39, 0.29) is 12.8 Å². The second-order valence-electron chi connectivity index (χ2n) is 6.23. The summed E-state index contributed by atoms with van der Waals surface area (Å²) in [5.41, 5.74) is 10.4. The molecule has 30 heavy (non-hydrogen) atoms. The molecule has 3 atom stereocenters. The van der Waals surface area contributed by atoms with Crippen LogP contribution in [0, 0.1) is 0 Å². The first-order valence-corrected chi connectivity index (χ1v) is 10.2. The van der Waals surface area contributed by atoms with Gasteiger partial charge in [-0.05, 0) is 24.9 Å². The van der Waals surface area contributed by atoms with Crippen molar-refractivity contribution in [2.45, 2.75) is 43.8 Å². The summed E-state index contributed by atoms with van der Waals surface area (Å²) in [4.78, 5) is 68.8. The van der Waals surface area contributed by atoms with Gasteiger partial charge in [-0.25, -0.2) is 4.79 Å². The Bertz CT molecular complexity index is 660. The third-order valence-corrected chi connectivity index (χ3v) is 4.35. The number of nitrogens with one attached hydrogen (secondary N) is 3. The van der Waals surface area contributed by atoms with E-state index in [0.29, 0.717) is 5.75 Å². The number of aliphatic carboxylic acids is 2. The fraction of sp³-hybridized carbons (Fsp3) is 0.625. The lowest BCUT2D eigenvalue weighted by Crippen LogP contribution is -2.54. The first-order valence-electron chi connectivity index (χ1n) is 8.82. The summed E-state index contributed by atoms with van der Waals surface area (Å²) in [6, 6.07) is -3.77. The molecule has 4 amide bonds. The Morgan fingerprint density at radius 3 is 2.10 bits per heavy atom. The summed E-state index contributed by atoms with van der Waals surface area (Å²) < 4.78 is 0. The van der Waals surface area contributed by atoms with E-state index >= 15 is 0 Å². The summed E-state index contributed by atoms with van der Waals surface area (Å²) in [5, 5.41) is 24.6. The highest BCUT2D eigenvalue weighted by atomic mass is 32.2. The Morgan fingerprint density at radius 2 is 1.60 bits per heavy atom. The summed E-state index contributed by atoms with van der Waals surface area (Å²) in [7, 11) is 0. The van der Waals surface area contributed by atoms with Gasteiger partial charge in [-0.1, -0.05) is 0 Å². The molecule has 0 aromatic carbocycles. The van der Waals surface area contributed by atoms with E-state index < -0.39 is 73.1 Å². The standard InChI is InChI=1S/C16H27N5O8S/c1-30-5-4-9(15(27)21-10(16(28)29)2-3-13(24)25)20-12(23)7-19-14(26)8(17)6-11(18)22/h8-10H,2-7,17H2,1H3,(H2,18,22)(H,19,26)(H,20,23)(H,21,27)(H,24,25)(H,28,29). The van der Waals surface area contributed by atoms with E-state index in [1.807, 2.05) is 0 Å². The molecule has 0 radical (unpaired) electrons. The van der Waals surface area contributed by atoms with E-state index in [4.69, 9.17) is 21.7 Å². The van der Waals surface area contributed by atoms with Gasteiger partial charge in [0, 0.05) is 6.42 Å². The van der Waals surface area contributed by atoms with Crippen molar-refractivity contribution in [3.05, 3.63) is 0 Å². The Labute approximate surface area is 176 Å². The molecule has 0 heterocycles. The van der Waals surface area contributed by atoms with Crippen molar-refractivity contribution >= 4 is 47.3 Å². The Balaban J connectivity index is 4.88. The number of thioether (sulfide) groups is 1. The molecule has 0 aliphatic rings. The van der Waals surface area contributed by atoms with Crippen LogP contribution in [0.4, 0.5) is 0 Å². The minimum Gasteiger partial charge on any atom is -0.481 e. The van der Waals surface area contributed by atoms with E-state index in [2.05, 4.69) is 16.0 Å². The van der Waals surface area contributed by atoms with Gasteiger partial charge < -0.3 is 37.6 Å². The molecule has 170 valence electrons. The molecule has 0 aromatic heterocycles. The average Bonchev–Trinajstić information content (AvgIpc) is 2.65. The van der Waals surface area contributed by atoms with Gasteiger partial charge in [0.1, 0.15) is 12.1 Å². The molecule has 0 rings (SSSR count). The van der Waals surface area contributed by atoms with Crippen molar-refractivity contribution in [1.82, 2.24) is 16.0 Å². The number of nitrogens with two attached hydrogens (primary N) is 2. The maximum absolute atomic E-state index is 12.4. The zero-order chi connectivity index (χ0) is 23.3. The topological polar surface area (TPSA) is 231 Å². The second-order valence-corrected chi connectivity index (χ2v) is 7.21. The lowest BCUT2D eigenvalue weighted by molar-refractivity contribution is -0.143. The van der Waals surface area contributed by atoms with Crippen LogP contribution in [0.2, 0.25) is 0 Å². The number of amides is 4. The summed E-state index contributed by atoms with van der Waals surface area (Å²) >= 11 is 1.39. The van der Waals surface area contributed by atoms with Gasteiger partial charge in [0.2, 0.25) is 23.6 Å². The van der Waals surface area contributed by atoms with Crippen LogP contribution < -0.4 is 27.4 Å². The Morgan fingerprint density at radius 1 is 0.967 bits per heavy atom.